The van der Waals surface area contributed by atoms with Crippen LogP contribution in [0.2, 0.25) is 0 Å². The SMILES string of the molecule is CC(C)c1ccc(NC(=O)c2coc(CN)c2)c(C(C)C)c1.Cl. The van der Waals surface area contributed by atoms with Crippen LogP contribution in [0.15, 0.2) is 34.9 Å². The van der Waals surface area contributed by atoms with Crippen LogP contribution in [0.25, 0.3) is 0 Å². The topological polar surface area (TPSA) is 68.3 Å². The van der Waals surface area contributed by atoms with Gasteiger partial charge in [0.1, 0.15) is 12.0 Å². The summed E-state index contributed by atoms with van der Waals surface area (Å²) in [6, 6.07) is 7.89. The first-order valence-corrected chi connectivity index (χ1v) is 7.65. The number of rotatable bonds is 5. The summed E-state index contributed by atoms with van der Waals surface area (Å²) in [4.78, 5) is 12.3. The van der Waals surface area contributed by atoms with Gasteiger partial charge in [-0.25, -0.2) is 0 Å². The van der Waals surface area contributed by atoms with Crippen molar-refractivity contribution in [2.75, 3.05) is 5.32 Å². The summed E-state index contributed by atoms with van der Waals surface area (Å²) in [6.45, 7) is 8.86. The van der Waals surface area contributed by atoms with Crippen molar-refractivity contribution >= 4 is 24.0 Å². The lowest BCUT2D eigenvalue weighted by atomic mass is 9.94. The van der Waals surface area contributed by atoms with Crippen LogP contribution in [0.1, 0.15) is 66.8 Å². The van der Waals surface area contributed by atoms with Crippen LogP contribution in [0, 0.1) is 0 Å². The zero-order valence-electron chi connectivity index (χ0n) is 14.1. The molecule has 1 amide bonds. The molecule has 0 radical (unpaired) electrons. The number of nitrogens with one attached hydrogen (secondary N) is 1. The fourth-order valence-electron chi connectivity index (χ4n) is 2.33. The molecule has 0 aliphatic heterocycles. The van der Waals surface area contributed by atoms with E-state index in [1.54, 1.807) is 6.07 Å². The molecular formula is C18H25ClN2O2. The van der Waals surface area contributed by atoms with Gasteiger partial charge >= 0.3 is 0 Å². The average Bonchev–Trinajstić information content (AvgIpc) is 2.96. The van der Waals surface area contributed by atoms with E-state index in [0.29, 0.717) is 23.2 Å². The molecule has 0 aliphatic rings. The average molecular weight is 337 g/mol. The van der Waals surface area contributed by atoms with Gasteiger partial charge in [0, 0.05) is 5.69 Å². The molecule has 0 bridgehead atoms. The third-order valence-electron chi connectivity index (χ3n) is 3.73. The second-order valence-corrected chi connectivity index (χ2v) is 6.12. The van der Waals surface area contributed by atoms with Gasteiger partial charge in [0.2, 0.25) is 0 Å². The van der Waals surface area contributed by atoms with Crippen molar-refractivity contribution in [2.45, 2.75) is 46.1 Å². The Labute approximate surface area is 143 Å². The molecule has 4 nitrogen and oxygen atoms in total. The van der Waals surface area contributed by atoms with Crippen molar-refractivity contribution < 1.29 is 9.21 Å². The normalized spacial score (nSPS) is 10.7. The molecule has 5 heteroatoms. The summed E-state index contributed by atoms with van der Waals surface area (Å²) in [5, 5.41) is 2.97. The largest absolute Gasteiger partial charge is 0.467 e. The Bertz CT molecular complexity index is 663. The lowest BCUT2D eigenvalue weighted by Gasteiger charge is -2.16. The second-order valence-electron chi connectivity index (χ2n) is 6.12. The molecule has 3 N–H and O–H groups in total. The Morgan fingerprint density at radius 2 is 1.87 bits per heavy atom. The second kappa shape index (κ2) is 8.18. The van der Waals surface area contributed by atoms with Crippen LogP contribution >= 0.6 is 12.4 Å². The Balaban J connectivity index is 0.00000264. The zero-order chi connectivity index (χ0) is 16.3. The number of carbonyl (C=O) groups is 1. The van der Waals surface area contributed by atoms with Gasteiger partial charge in [-0.2, -0.15) is 0 Å². The van der Waals surface area contributed by atoms with Crippen LogP contribution in [-0.4, -0.2) is 5.91 Å². The molecule has 0 aliphatic carbocycles. The van der Waals surface area contributed by atoms with E-state index in [-0.39, 0.29) is 24.9 Å². The predicted molar refractivity (Wildman–Crippen MR) is 96.4 cm³/mol. The minimum atomic E-state index is -0.178. The molecule has 0 spiro atoms. The van der Waals surface area contributed by atoms with Gasteiger partial charge in [-0.1, -0.05) is 39.8 Å². The summed E-state index contributed by atoms with van der Waals surface area (Å²) in [5.41, 5.74) is 9.25. The maximum atomic E-state index is 12.3. The molecule has 0 atom stereocenters. The van der Waals surface area contributed by atoms with Crippen LogP contribution in [0.3, 0.4) is 0 Å². The Morgan fingerprint density at radius 3 is 2.39 bits per heavy atom. The molecule has 126 valence electrons. The maximum absolute atomic E-state index is 12.3. The Hall–Kier alpha value is -1.78. The number of anilines is 1. The first-order chi connectivity index (χ1) is 10.4. The van der Waals surface area contributed by atoms with E-state index in [1.165, 1.54) is 11.8 Å². The number of furan rings is 1. The van der Waals surface area contributed by atoms with Gasteiger partial charge < -0.3 is 15.5 Å². The van der Waals surface area contributed by atoms with E-state index in [4.69, 9.17) is 10.2 Å². The molecule has 2 rings (SSSR count). The number of nitrogens with two attached hydrogens (primary N) is 1. The van der Waals surface area contributed by atoms with Crippen molar-refractivity contribution in [3.8, 4) is 0 Å². The predicted octanol–water partition coefficient (Wildman–Crippen LogP) is 4.66. The van der Waals surface area contributed by atoms with Gasteiger partial charge in [-0.05, 0) is 35.1 Å². The first kappa shape index (κ1) is 19.3. The number of carbonyl (C=O) groups excluding carboxylic acids is 1. The fraction of sp³-hybridized carbons (Fsp3) is 0.389. The highest BCUT2D eigenvalue weighted by atomic mass is 35.5. The monoisotopic (exact) mass is 336 g/mol. The van der Waals surface area contributed by atoms with Gasteiger partial charge in [0.05, 0.1) is 12.1 Å². The number of benzene rings is 1. The van der Waals surface area contributed by atoms with Gasteiger partial charge in [0.15, 0.2) is 0 Å². The molecule has 2 aromatic rings. The van der Waals surface area contributed by atoms with E-state index in [2.05, 4.69) is 45.1 Å². The third kappa shape index (κ3) is 4.60. The van der Waals surface area contributed by atoms with E-state index in [0.717, 1.165) is 11.3 Å². The van der Waals surface area contributed by atoms with Gasteiger partial charge in [-0.3, -0.25) is 4.79 Å². The molecule has 1 aromatic heterocycles. The fourth-order valence-corrected chi connectivity index (χ4v) is 2.33. The summed E-state index contributed by atoms with van der Waals surface area (Å²) in [7, 11) is 0. The van der Waals surface area contributed by atoms with E-state index in [1.807, 2.05) is 6.07 Å². The lowest BCUT2D eigenvalue weighted by molar-refractivity contribution is 0.102. The van der Waals surface area contributed by atoms with Crippen molar-refractivity contribution in [3.63, 3.8) is 0 Å². The number of hydrogen-bond acceptors (Lipinski definition) is 3. The molecule has 0 fully saturated rings. The lowest BCUT2D eigenvalue weighted by Crippen LogP contribution is -2.13. The molecule has 23 heavy (non-hydrogen) atoms. The Kier molecular flexibility index (Phi) is 6.85. The van der Waals surface area contributed by atoms with Gasteiger partial charge in [0.25, 0.3) is 5.91 Å². The van der Waals surface area contributed by atoms with Crippen LogP contribution in [-0.2, 0) is 6.54 Å². The van der Waals surface area contributed by atoms with E-state index >= 15 is 0 Å². The highest BCUT2D eigenvalue weighted by molar-refractivity contribution is 6.04. The van der Waals surface area contributed by atoms with E-state index < -0.39 is 0 Å². The van der Waals surface area contributed by atoms with Crippen LogP contribution in [0.4, 0.5) is 5.69 Å². The van der Waals surface area contributed by atoms with Crippen LogP contribution in [0.5, 0.6) is 0 Å². The first-order valence-electron chi connectivity index (χ1n) is 7.65. The quantitative estimate of drug-likeness (QED) is 0.834. The molecule has 0 unspecified atom stereocenters. The number of amides is 1. The third-order valence-corrected chi connectivity index (χ3v) is 3.73. The highest BCUT2D eigenvalue weighted by Gasteiger charge is 2.14. The summed E-state index contributed by atoms with van der Waals surface area (Å²) >= 11 is 0. The van der Waals surface area contributed by atoms with Crippen molar-refractivity contribution in [2.24, 2.45) is 5.73 Å². The summed E-state index contributed by atoms with van der Waals surface area (Å²) < 4.78 is 5.22. The highest BCUT2D eigenvalue weighted by Crippen LogP contribution is 2.28. The molecular weight excluding hydrogens is 312 g/mol. The minimum absolute atomic E-state index is 0. The Morgan fingerprint density at radius 1 is 1.17 bits per heavy atom. The van der Waals surface area contributed by atoms with Crippen molar-refractivity contribution in [1.82, 2.24) is 0 Å². The van der Waals surface area contributed by atoms with E-state index in [9.17, 15) is 4.79 Å². The molecule has 1 heterocycles. The molecule has 0 saturated heterocycles. The van der Waals surface area contributed by atoms with Crippen LogP contribution < -0.4 is 11.1 Å². The molecule has 0 saturated carbocycles. The minimum Gasteiger partial charge on any atom is -0.467 e. The molecule has 1 aromatic carbocycles. The maximum Gasteiger partial charge on any atom is 0.258 e. The summed E-state index contributed by atoms with van der Waals surface area (Å²) in [5.74, 6) is 1.22. The zero-order valence-corrected chi connectivity index (χ0v) is 14.9. The smallest absolute Gasteiger partial charge is 0.258 e. The summed E-state index contributed by atoms with van der Waals surface area (Å²) in [6.07, 6.45) is 1.44. The standard InChI is InChI=1S/C18H24N2O2.ClH/c1-11(2)13-5-6-17(16(8-13)12(3)4)20-18(21)14-7-15(9-19)22-10-14;/h5-8,10-12H,9,19H2,1-4H3,(H,20,21);1H. The number of halogens is 1. The van der Waals surface area contributed by atoms with Gasteiger partial charge in [-0.15, -0.1) is 12.4 Å². The van der Waals surface area contributed by atoms with Crippen molar-refractivity contribution in [3.05, 3.63) is 53.0 Å². The number of hydrogen-bond donors (Lipinski definition) is 2. The van der Waals surface area contributed by atoms with Crippen molar-refractivity contribution in [1.29, 1.82) is 0 Å².